The molecule has 1 N–H and O–H groups in total. The van der Waals surface area contributed by atoms with Crippen molar-refractivity contribution in [2.24, 2.45) is 11.8 Å². The van der Waals surface area contributed by atoms with Crippen molar-refractivity contribution in [3.8, 4) is 6.07 Å². The Morgan fingerprint density at radius 3 is 2.62 bits per heavy atom. The van der Waals surface area contributed by atoms with Crippen LogP contribution in [0.5, 0.6) is 0 Å². The zero-order valence-electron chi connectivity index (χ0n) is 13.6. The van der Waals surface area contributed by atoms with E-state index in [2.05, 4.69) is 4.98 Å². The lowest BCUT2D eigenvalue weighted by Crippen LogP contribution is -2.49. The number of anilines is 1. The standard InChI is InChI=1S/C17H17N3O4/c1-8-9(7-18)4-5-11(19-8)20-14(22)12-13(15(20)23)17(3)10(21)6-16(12,2)24-17/h4-5,10,12-13,21H,6H2,1-3H3/t10-,12+,13-,16?,17?/m0/s1. The van der Waals surface area contributed by atoms with Crippen molar-refractivity contribution in [1.29, 1.82) is 5.26 Å². The summed E-state index contributed by atoms with van der Waals surface area (Å²) >= 11 is 0. The average Bonchev–Trinajstić information content (AvgIpc) is 3.01. The number of pyridine rings is 1. The molecule has 0 saturated carbocycles. The van der Waals surface area contributed by atoms with Gasteiger partial charge < -0.3 is 9.84 Å². The molecule has 4 rings (SSSR count). The van der Waals surface area contributed by atoms with E-state index in [0.29, 0.717) is 17.7 Å². The van der Waals surface area contributed by atoms with Crippen LogP contribution in [0.25, 0.3) is 0 Å². The summed E-state index contributed by atoms with van der Waals surface area (Å²) in [5, 5.41) is 19.3. The van der Waals surface area contributed by atoms with E-state index in [-0.39, 0.29) is 11.7 Å². The monoisotopic (exact) mass is 327 g/mol. The number of aryl methyl sites for hydroxylation is 1. The van der Waals surface area contributed by atoms with Crippen molar-refractivity contribution in [3.05, 3.63) is 23.4 Å². The molecule has 124 valence electrons. The van der Waals surface area contributed by atoms with Gasteiger partial charge in [-0.05, 0) is 32.9 Å². The Balaban J connectivity index is 1.79. The van der Waals surface area contributed by atoms with Gasteiger partial charge in [0.15, 0.2) is 0 Å². The number of aromatic nitrogens is 1. The Kier molecular flexibility index (Phi) is 2.80. The lowest BCUT2D eigenvalue weighted by Gasteiger charge is -2.31. The second-order valence-electron chi connectivity index (χ2n) is 7.20. The fourth-order valence-electron chi connectivity index (χ4n) is 4.54. The van der Waals surface area contributed by atoms with Gasteiger partial charge in [-0.25, -0.2) is 9.88 Å². The van der Waals surface area contributed by atoms with Gasteiger partial charge in [0, 0.05) is 6.42 Å². The summed E-state index contributed by atoms with van der Waals surface area (Å²) in [5.74, 6) is -1.85. The van der Waals surface area contributed by atoms with Crippen LogP contribution in [0.3, 0.4) is 0 Å². The van der Waals surface area contributed by atoms with Gasteiger partial charge in [-0.3, -0.25) is 9.59 Å². The van der Waals surface area contributed by atoms with Gasteiger partial charge in [-0.15, -0.1) is 0 Å². The van der Waals surface area contributed by atoms with Crippen LogP contribution in [0.15, 0.2) is 12.1 Å². The van der Waals surface area contributed by atoms with Crippen molar-refractivity contribution >= 4 is 17.6 Å². The summed E-state index contributed by atoms with van der Waals surface area (Å²) in [5.41, 5.74) is -1.04. The highest BCUT2D eigenvalue weighted by Crippen LogP contribution is 2.60. The van der Waals surface area contributed by atoms with E-state index < -0.39 is 35.0 Å². The molecule has 0 radical (unpaired) electrons. The molecule has 24 heavy (non-hydrogen) atoms. The predicted octanol–water partition coefficient (Wildman–Crippen LogP) is 0.679. The number of rotatable bonds is 1. The average molecular weight is 327 g/mol. The van der Waals surface area contributed by atoms with Crippen molar-refractivity contribution in [2.45, 2.75) is 44.5 Å². The highest BCUT2D eigenvalue weighted by atomic mass is 16.6. The number of hydrogen-bond donors (Lipinski definition) is 1. The van der Waals surface area contributed by atoms with Crippen LogP contribution >= 0.6 is 0 Å². The minimum atomic E-state index is -1.05. The normalized spacial score (nSPS) is 40.1. The third kappa shape index (κ3) is 1.60. The predicted molar refractivity (Wildman–Crippen MR) is 81.7 cm³/mol. The quantitative estimate of drug-likeness (QED) is 0.761. The number of fused-ring (bicyclic) bond motifs is 5. The summed E-state index contributed by atoms with van der Waals surface area (Å²) in [6, 6.07) is 5.07. The molecule has 7 nitrogen and oxygen atoms in total. The van der Waals surface area contributed by atoms with Crippen molar-refractivity contribution in [1.82, 2.24) is 4.98 Å². The fourth-order valence-corrected chi connectivity index (χ4v) is 4.54. The van der Waals surface area contributed by atoms with E-state index in [1.54, 1.807) is 26.8 Å². The van der Waals surface area contributed by atoms with Crippen LogP contribution in [0.2, 0.25) is 0 Å². The lowest BCUT2D eigenvalue weighted by molar-refractivity contribution is -0.132. The second kappa shape index (κ2) is 4.41. The maximum absolute atomic E-state index is 13.0. The molecule has 3 saturated heterocycles. The minimum Gasteiger partial charge on any atom is -0.390 e. The zero-order valence-corrected chi connectivity index (χ0v) is 13.6. The number of carbonyl (C=O) groups is 2. The van der Waals surface area contributed by atoms with Crippen LogP contribution in [0, 0.1) is 30.1 Å². The van der Waals surface area contributed by atoms with Crippen LogP contribution in [0.4, 0.5) is 5.82 Å². The van der Waals surface area contributed by atoms with Gasteiger partial charge in [-0.1, -0.05) is 0 Å². The van der Waals surface area contributed by atoms with Crippen LogP contribution < -0.4 is 4.90 Å². The SMILES string of the molecule is Cc1nc(N2C(=O)[C@@H]3[C@H](C2=O)C2(C)C[C@H](O)C3(C)O2)ccc1C#N. The molecule has 0 aliphatic carbocycles. The molecule has 0 aromatic carbocycles. The highest BCUT2D eigenvalue weighted by molar-refractivity contribution is 6.22. The summed E-state index contributed by atoms with van der Waals surface area (Å²) < 4.78 is 5.93. The van der Waals surface area contributed by atoms with E-state index in [9.17, 15) is 14.7 Å². The minimum absolute atomic E-state index is 0.219. The molecule has 2 amide bonds. The molecule has 7 heteroatoms. The topological polar surface area (TPSA) is 104 Å². The zero-order chi connectivity index (χ0) is 17.4. The number of hydrogen-bond acceptors (Lipinski definition) is 6. The first kappa shape index (κ1) is 15.2. The lowest BCUT2D eigenvalue weighted by atomic mass is 9.67. The Hall–Kier alpha value is -2.30. The van der Waals surface area contributed by atoms with E-state index >= 15 is 0 Å². The number of aliphatic hydroxyl groups is 1. The first-order valence-corrected chi connectivity index (χ1v) is 7.87. The molecule has 3 fully saturated rings. The van der Waals surface area contributed by atoms with Gasteiger partial charge in [0.05, 0.1) is 34.8 Å². The van der Waals surface area contributed by atoms with E-state index in [1.165, 1.54) is 6.07 Å². The molecule has 0 spiro atoms. The second-order valence-corrected chi connectivity index (χ2v) is 7.20. The maximum atomic E-state index is 13.0. The Labute approximate surface area is 138 Å². The summed E-state index contributed by atoms with van der Waals surface area (Å²) in [4.78, 5) is 31.2. The smallest absolute Gasteiger partial charge is 0.242 e. The number of nitriles is 1. The summed E-state index contributed by atoms with van der Waals surface area (Å²) in [6.07, 6.45) is -0.451. The number of aliphatic hydroxyl groups excluding tert-OH is 1. The largest absolute Gasteiger partial charge is 0.390 e. The maximum Gasteiger partial charge on any atom is 0.242 e. The molecule has 3 aliphatic rings. The molecule has 1 aromatic rings. The van der Waals surface area contributed by atoms with Gasteiger partial charge in [0.1, 0.15) is 17.5 Å². The van der Waals surface area contributed by atoms with E-state index in [0.717, 1.165) is 4.90 Å². The molecule has 2 unspecified atom stereocenters. The Bertz CT molecular complexity index is 832. The van der Waals surface area contributed by atoms with Gasteiger partial charge in [0.2, 0.25) is 11.8 Å². The van der Waals surface area contributed by atoms with Gasteiger partial charge in [-0.2, -0.15) is 5.26 Å². The van der Waals surface area contributed by atoms with Crippen LogP contribution in [0.1, 0.15) is 31.5 Å². The van der Waals surface area contributed by atoms with Crippen molar-refractivity contribution in [2.75, 3.05) is 4.90 Å². The first-order valence-electron chi connectivity index (χ1n) is 7.87. The summed E-state index contributed by atoms with van der Waals surface area (Å²) in [7, 11) is 0. The molecule has 5 atom stereocenters. The summed E-state index contributed by atoms with van der Waals surface area (Å²) in [6.45, 7) is 5.13. The molecule has 1 aromatic heterocycles. The first-order chi connectivity index (χ1) is 11.2. The number of amides is 2. The van der Waals surface area contributed by atoms with Crippen LogP contribution in [-0.4, -0.2) is 39.2 Å². The fraction of sp³-hybridized carbons (Fsp3) is 0.529. The highest BCUT2D eigenvalue weighted by Gasteiger charge is 2.75. The molecule has 2 bridgehead atoms. The van der Waals surface area contributed by atoms with Gasteiger partial charge in [0.25, 0.3) is 0 Å². The Morgan fingerprint density at radius 1 is 1.33 bits per heavy atom. The van der Waals surface area contributed by atoms with Crippen molar-refractivity contribution in [3.63, 3.8) is 0 Å². The molecular weight excluding hydrogens is 310 g/mol. The van der Waals surface area contributed by atoms with E-state index in [1.807, 2.05) is 6.07 Å². The number of ether oxygens (including phenoxy) is 1. The number of imide groups is 1. The number of carbonyl (C=O) groups excluding carboxylic acids is 2. The third-order valence-corrected chi connectivity index (χ3v) is 5.72. The van der Waals surface area contributed by atoms with Crippen LogP contribution in [-0.2, 0) is 14.3 Å². The van der Waals surface area contributed by atoms with E-state index in [4.69, 9.17) is 10.00 Å². The Morgan fingerprint density at radius 2 is 2.00 bits per heavy atom. The molecule has 3 aliphatic heterocycles. The molecule has 4 heterocycles. The van der Waals surface area contributed by atoms with Gasteiger partial charge >= 0.3 is 0 Å². The molecular formula is C17H17N3O4. The van der Waals surface area contributed by atoms with Crippen molar-refractivity contribution < 1.29 is 19.4 Å². The third-order valence-electron chi connectivity index (χ3n) is 5.72. The number of nitrogens with zero attached hydrogens (tertiary/aromatic N) is 3.